The average molecular weight is 430 g/mol. The number of H-pyrrole nitrogens is 1. The van der Waals surface area contributed by atoms with Gasteiger partial charge in [0.2, 0.25) is 0 Å². The van der Waals surface area contributed by atoms with Crippen molar-refractivity contribution < 1.29 is 9.53 Å². The molecular formula is C24H19N3O3S. The molecule has 0 fully saturated rings. The molecule has 2 aromatic carbocycles. The van der Waals surface area contributed by atoms with E-state index in [1.165, 1.54) is 18.4 Å². The van der Waals surface area contributed by atoms with E-state index in [1.807, 2.05) is 66.9 Å². The number of aromatic amines is 1. The number of fused-ring (bicyclic) bond motifs is 2. The number of benzene rings is 2. The molecule has 0 saturated heterocycles. The number of allylic oxidation sites excluding steroid dienone is 1. The van der Waals surface area contributed by atoms with E-state index >= 15 is 0 Å². The van der Waals surface area contributed by atoms with Crippen molar-refractivity contribution in [3.63, 3.8) is 0 Å². The van der Waals surface area contributed by atoms with E-state index in [2.05, 4.69) is 9.98 Å². The largest absolute Gasteiger partial charge is 0.466 e. The van der Waals surface area contributed by atoms with Gasteiger partial charge in [-0.3, -0.25) is 9.36 Å². The van der Waals surface area contributed by atoms with Crippen molar-refractivity contribution >= 4 is 34.3 Å². The van der Waals surface area contributed by atoms with Crippen LogP contribution in [-0.4, -0.2) is 22.6 Å². The van der Waals surface area contributed by atoms with Crippen molar-refractivity contribution in [1.29, 1.82) is 0 Å². The minimum Gasteiger partial charge on any atom is -0.466 e. The fourth-order valence-corrected chi connectivity index (χ4v) is 5.04. The summed E-state index contributed by atoms with van der Waals surface area (Å²) >= 11 is 1.32. The Morgan fingerprint density at radius 1 is 1.16 bits per heavy atom. The molecule has 0 radical (unpaired) electrons. The van der Waals surface area contributed by atoms with Crippen LogP contribution >= 0.6 is 11.3 Å². The number of para-hydroxylation sites is 1. The van der Waals surface area contributed by atoms with Crippen LogP contribution in [0.15, 0.2) is 81.9 Å². The number of esters is 1. The summed E-state index contributed by atoms with van der Waals surface area (Å²) in [4.78, 5) is 34.5. The lowest BCUT2D eigenvalue weighted by Crippen LogP contribution is -2.39. The summed E-state index contributed by atoms with van der Waals surface area (Å²) in [5.74, 6) is -0.485. The van der Waals surface area contributed by atoms with Crippen LogP contribution in [0, 0.1) is 0 Å². The Kier molecular flexibility index (Phi) is 4.67. The highest BCUT2D eigenvalue weighted by atomic mass is 32.1. The van der Waals surface area contributed by atoms with E-state index in [0.717, 1.165) is 22.0 Å². The van der Waals surface area contributed by atoms with E-state index in [1.54, 1.807) is 11.5 Å². The molecule has 1 N–H and O–H groups in total. The molecule has 1 aliphatic rings. The van der Waals surface area contributed by atoms with Gasteiger partial charge in [0, 0.05) is 22.7 Å². The lowest BCUT2D eigenvalue weighted by atomic mass is 9.96. The zero-order valence-corrected chi connectivity index (χ0v) is 17.8. The van der Waals surface area contributed by atoms with Crippen LogP contribution in [-0.2, 0) is 9.53 Å². The summed E-state index contributed by atoms with van der Waals surface area (Å²) in [5, 5.41) is 1.04. The fraction of sp³-hybridized carbons (Fsp3) is 0.125. The predicted molar refractivity (Wildman–Crippen MR) is 121 cm³/mol. The third-order valence-corrected chi connectivity index (χ3v) is 6.43. The van der Waals surface area contributed by atoms with Crippen molar-refractivity contribution in [3.05, 3.63) is 103 Å². The van der Waals surface area contributed by atoms with Crippen molar-refractivity contribution in [2.75, 3.05) is 7.11 Å². The maximum Gasteiger partial charge on any atom is 0.338 e. The van der Waals surface area contributed by atoms with Crippen LogP contribution in [0.3, 0.4) is 0 Å². The lowest BCUT2D eigenvalue weighted by molar-refractivity contribution is -0.136. The summed E-state index contributed by atoms with van der Waals surface area (Å²) in [6, 6.07) is 16.9. The van der Waals surface area contributed by atoms with Gasteiger partial charge >= 0.3 is 5.97 Å². The lowest BCUT2D eigenvalue weighted by Gasteiger charge is -2.24. The molecule has 0 spiro atoms. The second-order valence-corrected chi connectivity index (χ2v) is 8.28. The van der Waals surface area contributed by atoms with Crippen molar-refractivity contribution in [2.45, 2.75) is 13.0 Å². The van der Waals surface area contributed by atoms with Gasteiger partial charge in [-0.2, -0.15) is 0 Å². The third kappa shape index (κ3) is 3.14. The molecule has 0 bridgehead atoms. The van der Waals surface area contributed by atoms with Gasteiger partial charge in [-0.15, -0.1) is 0 Å². The predicted octanol–water partition coefficient (Wildman–Crippen LogP) is 2.89. The monoisotopic (exact) mass is 429 g/mol. The normalized spacial score (nSPS) is 16.3. The van der Waals surface area contributed by atoms with Crippen LogP contribution in [0.25, 0.3) is 17.0 Å². The Hall–Kier alpha value is -3.71. The number of carbonyl (C=O) groups is 1. The Labute approximate surface area is 181 Å². The molecule has 0 aliphatic carbocycles. The number of carbonyl (C=O) groups excluding carboxylic acids is 1. The van der Waals surface area contributed by atoms with Gasteiger partial charge in [0.1, 0.15) is 0 Å². The van der Waals surface area contributed by atoms with Gasteiger partial charge in [-0.05, 0) is 24.6 Å². The summed E-state index contributed by atoms with van der Waals surface area (Å²) in [6.45, 7) is 1.78. The van der Waals surface area contributed by atoms with E-state index in [0.29, 0.717) is 20.6 Å². The molecule has 3 heterocycles. The second kappa shape index (κ2) is 7.52. The zero-order valence-electron chi connectivity index (χ0n) is 17.0. The molecule has 4 aromatic rings. The number of aromatic nitrogens is 2. The highest BCUT2D eigenvalue weighted by Gasteiger charge is 2.32. The van der Waals surface area contributed by atoms with E-state index in [-0.39, 0.29) is 5.56 Å². The standard InChI is InChI=1S/C24H19N3O3S/c1-14-20(23(29)30-2)21(15-8-4-3-5-9-15)27-22(28)19(31-24(27)26-14)12-16-13-25-18-11-7-6-10-17(16)18/h3-13,21,25H,1-2H3/b19-12-. The molecule has 0 saturated carbocycles. The molecule has 7 heteroatoms. The number of ether oxygens (including phenoxy) is 1. The van der Waals surface area contributed by atoms with Gasteiger partial charge < -0.3 is 9.72 Å². The average Bonchev–Trinajstić information content (AvgIpc) is 3.34. The first-order chi connectivity index (χ1) is 15.1. The summed E-state index contributed by atoms with van der Waals surface area (Å²) in [6.07, 6.45) is 3.77. The molecule has 31 heavy (non-hydrogen) atoms. The third-order valence-electron chi connectivity index (χ3n) is 5.45. The number of thiazole rings is 1. The Morgan fingerprint density at radius 3 is 2.68 bits per heavy atom. The van der Waals surface area contributed by atoms with Crippen LogP contribution in [0.4, 0.5) is 0 Å². The van der Waals surface area contributed by atoms with Gasteiger partial charge in [-0.25, -0.2) is 9.79 Å². The number of methoxy groups -OCH3 is 1. The molecule has 6 nitrogen and oxygen atoms in total. The molecule has 1 unspecified atom stereocenters. The molecule has 5 rings (SSSR count). The first-order valence-electron chi connectivity index (χ1n) is 9.80. The van der Waals surface area contributed by atoms with Crippen molar-refractivity contribution in [3.8, 4) is 0 Å². The van der Waals surface area contributed by atoms with Gasteiger partial charge in [0.25, 0.3) is 5.56 Å². The minimum atomic E-state index is -0.588. The number of nitrogens with zero attached hydrogens (tertiary/aromatic N) is 2. The van der Waals surface area contributed by atoms with Crippen LogP contribution in [0.5, 0.6) is 0 Å². The zero-order chi connectivity index (χ0) is 21.5. The molecule has 2 aromatic heterocycles. The van der Waals surface area contributed by atoms with Gasteiger partial charge in [0.05, 0.1) is 29.0 Å². The van der Waals surface area contributed by atoms with E-state index < -0.39 is 12.0 Å². The van der Waals surface area contributed by atoms with Gasteiger partial charge in [0.15, 0.2) is 4.80 Å². The smallest absolute Gasteiger partial charge is 0.338 e. The van der Waals surface area contributed by atoms with Crippen LogP contribution < -0.4 is 14.9 Å². The number of rotatable bonds is 3. The Balaban J connectivity index is 1.76. The molecule has 1 aliphatic heterocycles. The number of hydrogen-bond donors (Lipinski definition) is 1. The van der Waals surface area contributed by atoms with Crippen molar-refractivity contribution in [1.82, 2.24) is 9.55 Å². The number of hydrogen-bond acceptors (Lipinski definition) is 5. The second-order valence-electron chi connectivity index (χ2n) is 7.27. The molecule has 1 atom stereocenters. The summed E-state index contributed by atoms with van der Waals surface area (Å²) in [7, 11) is 1.34. The topological polar surface area (TPSA) is 76.4 Å². The Bertz CT molecular complexity index is 1520. The highest BCUT2D eigenvalue weighted by Crippen LogP contribution is 2.30. The maximum atomic E-state index is 13.5. The highest BCUT2D eigenvalue weighted by molar-refractivity contribution is 7.07. The SMILES string of the molecule is COC(=O)C1=C(C)N=c2s/c(=C\c3c[nH]c4ccccc34)c(=O)n2C1c1ccccc1. The fourth-order valence-electron chi connectivity index (χ4n) is 4.00. The van der Waals surface area contributed by atoms with Crippen molar-refractivity contribution in [2.24, 2.45) is 4.99 Å². The molecule has 154 valence electrons. The first kappa shape index (κ1) is 19.3. The van der Waals surface area contributed by atoms with E-state index in [9.17, 15) is 9.59 Å². The first-order valence-corrected chi connectivity index (χ1v) is 10.6. The summed E-state index contributed by atoms with van der Waals surface area (Å²) < 4.78 is 7.18. The summed E-state index contributed by atoms with van der Waals surface area (Å²) in [5.41, 5.74) is 3.52. The molecular weight excluding hydrogens is 410 g/mol. The minimum absolute atomic E-state index is 0.184. The number of nitrogens with one attached hydrogen (secondary N) is 1. The van der Waals surface area contributed by atoms with Crippen LogP contribution in [0.1, 0.15) is 24.1 Å². The molecule has 0 amide bonds. The maximum absolute atomic E-state index is 13.5. The van der Waals surface area contributed by atoms with Crippen LogP contribution in [0.2, 0.25) is 0 Å². The van der Waals surface area contributed by atoms with Gasteiger partial charge in [-0.1, -0.05) is 59.9 Å². The quantitative estimate of drug-likeness (QED) is 0.509. The van der Waals surface area contributed by atoms with E-state index in [4.69, 9.17) is 4.74 Å². The Morgan fingerprint density at radius 2 is 1.90 bits per heavy atom.